The van der Waals surface area contributed by atoms with Crippen LogP contribution < -0.4 is 10.6 Å². The first-order valence-corrected chi connectivity index (χ1v) is 15.3. The highest BCUT2D eigenvalue weighted by Gasteiger charge is 2.18. The van der Waals surface area contributed by atoms with E-state index in [2.05, 4.69) is 20.9 Å². The van der Waals surface area contributed by atoms with Crippen LogP contribution in [0.25, 0.3) is 0 Å². The van der Waals surface area contributed by atoms with E-state index in [1.165, 1.54) is 45.9 Å². The van der Waals surface area contributed by atoms with Gasteiger partial charge in [0.15, 0.2) is 0 Å². The molecule has 0 spiro atoms. The van der Waals surface area contributed by atoms with Gasteiger partial charge in [0.05, 0.1) is 20.1 Å². The van der Waals surface area contributed by atoms with Crippen molar-refractivity contribution in [1.29, 1.82) is 0 Å². The van der Waals surface area contributed by atoms with E-state index in [1.54, 1.807) is 0 Å². The first-order valence-electron chi connectivity index (χ1n) is 10.6. The summed E-state index contributed by atoms with van der Waals surface area (Å²) in [6.45, 7) is 0.604. The number of hydrogen-bond acceptors (Lipinski definition) is 8. The van der Waals surface area contributed by atoms with Gasteiger partial charge in [-0.2, -0.15) is 0 Å². The zero-order valence-corrected chi connectivity index (χ0v) is 25.4. The maximum Gasteiger partial charge on any atom is 0.269 e. The van der Waals surface area contributed by atoms with E-state index in [0.717, 1.165) is 0 Å². The minimum Gasteiger partial charge on any atom is -0.410 e. The number of carbonyl (C=O) groups excluding carboxylic acids is 2. The predicted octanol–water partition coefficient (Wildman–Crippen LogP) is 6.67. The summed E-state index contributed by atoms with van der Waals surface area (Å²) in [5.41, 5.74) is 0.613. The molecule has 206 valence electrons. The van der Waals surface area contributed by atoms with Gasteiger partial charge in [-0.3, -0.25) is 9.59 Å². The Morgan fingerprint density at radius 2 is 1.05 bits per heavy atom. The first kappa shape index (κ1) is 33.0. The van der Waals surface area contributed by atoms with Gasteiger partial charge in [0, 0.05) is 47.5 Å². The summed E-state index contributed by atoms with van der Waals surface area (Å²) in [5.74, 6) is -0.0298. The van der Waals surface area contributed by atoms with Gasteiger partial charge in [-0.1, -0.05) is 102 Å². The van der Waals surface area contributed by atoms with E-state index in [9.17, 15) is 20.0 Å². The van der Waals surface area contributed by atoms with Crippen molar-refractivity contribution in [1.82, 2.24) is 10.6 Å². The molecule has 2 aromatic rings. The van der Waals surface area contributed by atoms with Gasteiger partial charge in [-0.05, 0) is 35.4 Å². The molecule has 0 heterocycles. The summed E-state index contributed by atoms with van der Waals surface area (Å²) in [4.78, 5) is 24.6. The van der Waals surface area contributed by atoms with Crippen molar-refractivity contribution in [3.8, 4) is 0 Å². The number of hydrogen-bond donors (Lipinski definition) is 4. The highest BCUT2D eigenvalue weighted by molar-refractivity contribution is 8.76. The predicted molar refractivity (Wildman–Crippen MR) is 160 cm³/mol. The standard InChI is InChI=1S/C22H20Cl6N4O4S2/c23-13-5-11(19(27)15(25)9-13)7-17(31-35)21(33)29-1-3-37-38-4-2-30-22(34)18(32-36)8-12-6-14(24)10-16(26)20(12)28/h5-6,9-10,35-36H,1-4,7-8H2,(H,29,33)(H,30,34)/b31-17-,32-18+. The summed E-state index contributed by atoms with van der Waals surface area (Å²) in [5, 5.41) is 31.5. The molecular weight excluding hydrogens is 661 g/mol. The average Bonchev–Trinajstić information content (AvgIpc) is 2.87. The second kappa shape index (κ2) is 16.8. The summed E-state index contributed by atoms with van der Waals surface area (Å²) < 4.78 is 0. The summed E-state index contributed by atoms with van der Waals surface area (Å²) >= 11 is 36.2. The fraction of sp³-hybridized carbons (Fsp3) is 0.273. The lowest BCUT2D eigenvalue weighted by Crippen LogP contribution is -2.34. The van der Waals surface area contributed by atoms with Crippen LogP contribution in [0.5, 0.6) is 0 Å². The third kappa shape index (κ3) is 10.4. The van der Waals surface area contributed by atoms with Gasteiger partial charge >= 0.3 is 0 Å². The van der Waals surface area contributed by atoms with Crippen LogP contribution in [0.4, 0.5) is 0 Å². The van der Waals surface area contributed by atoms with E-state index in [4.69, 9.17) is 69.6 Å². The lowest BCUT2D eigenvalue weighted by atomic mass is 10.1. The van der Waals surface area contributed by atoms with Crippen molar-refractivity contribution < 1.29 is 20.0 Å². The van der Waals surface area contributed by atoms with Crippen molar-refractivity contribution in [2.45, 2.75) is 12.8 Å². The van der Waals surface area contributed by atoms with Crippen LogP contribution in [0.1, 0.15) is 11.1 Å². The second-order valence-corrected chi connectivity index (χ2v) is 12.5. The highest BCUT2D eigenvalue weighted by atomic mass is 35.5. The first-order chi connectivity index (χ1) is 18.1. The minimum absolute atomic E-state index is 0.0568. The van der Waals surface area contributed by atoms with Crippen molar-refractivity contribution in [2.75, 3.05) is 24.6 Å². The van der Waals surface area contributed by atoms with Crippen LogP contribution in [0.3, 0.4) is 0 Å². The maximum absolute atomic E-state index is 12.3. The van der Waals surface area contributed by atoms with E-state index in [-0.39, 0.29) is 44.4 Å². The Hall–Kier alpha value is -1.24. The molecule has 0 saturated heterocycles. The molecule has 4 N–H and O–H groups in total. The van der Waals surface area contributed by atoms with Gasteiger partial charge in [0.2, 0.25) is 0 Å². The van der Waals surface area contributed by atoms with Crippen LogP contribution in [0.2, 0.25) is 30.1 Å². The molecule has 0 fully saturated rings. The number of nitrogens with zero attached hydrogens (tertiary/aromatic N) is 2. The lowest BCUT2D eigenvalue weighted by Gasteiger charge is -2.10. The van der Waals surface area contributed by atoms with Gasteiger partial charge in [-0.15, -0.1) is 0 Å². The summed E-state index contributed by atoms with van der Waals surface area (Å²) in [7, 11) is 2.93. The number of halogens is 6. The molecule has 2 aromatic carbocycles. The van der Waals surface area contributed by atoms with Crippen LogP contribution >= 0.6 is 91.2 Å². The molecule has 0 bridgehead atoms. The fourth-order valence-electron chi connectivity index (χ4n) is 2.89. The molecule has 0 aliphatic carbocycles. The Kier molecular flexibility index (Phi) is 14.5. The largest absolute Gasteiger partial charge is 0.410 e. The molecule has 2 amide bonds. The maximum atomic E-state index is 12.3. The third-order valence-electron chi connectivity index (χ3n) is 4.64. The molecule has 2 rings (SSSR count). The average molecular weight is 681 g/mol. The van der Waals surface area contributed by atoms with Crippen LogP contribution in [0, 0.1) is 0 Å². The highest BCUT2D eigenvalue weighted by Crippen LogP contribution is 2.31. The van der Waals surface area contributed by atoms with Crippen LogP contribution in [-0.2, 0) is 22.4 Å². The number of nitrogens with one attached hydrogen (secondary N) is 2. The molecule has 0 atom stereocenters. The molecule has 0 aliphatic heterocycles. The van der Waals surface area contributed by atoms with E-state index >= 15 is 0 Å². The van der Waals surface area contributed by atoms with Gasteiger partial charge in [-0.25, -0.2) is 0 Å². The van der Waals surface area contributed by atoms with Gasteiger partial charge in [0.25, 0.3) is 11.8 Å². The van der Waals surface area contributed by atoms with Gasteiger partial charge in [0.1, 0.15) is 11.4 Å². The number of amides is 2. The minimum atomic E-state index is -0.561. The number of benzene rings is 2. The van der Waals surface area contributed by atoms with Crippen molar-refractivity contribution in [3.63, 3.8) is 0 Å². The second-order valence-electron chi connectivity index (χ2n) is 7.32. The number of rotatable bonds is 13. The molecular formula is C22H20Cl6N4O4S2. The van der Waals surface area contributed by atoms with Crippen LogP contribution in [-0.4, -0.2) is 58.2 Å². The summed E-state index contributed by atoms with van der Waals surface area (Å²) in [6.07, 6.45) is -0.114. The van der Waals surface area contributed by atoms with E-state index in [1.807, 2.05) is 0 Å². The Morgan fingerprint density at radius 3 is 1.39 bits per heavy atom. The van der Waals surface area contributed by atoms with E-state index in [0.29, 0.717) is 45.8 Å². The zero-order chi connectivity index (χ0) is 28.2. The quantitative estimate of drug-likeness (QED) is 0.0468. The van der Waals surface area contributed by atoms with Crippen molar-refractivity contribution in [2.24, 2.45) is 10.3 Å². The summed E-state index contributed by atoms with van der Waals surface area (Å²) in [6, 6.07) is 6.02. The Labute approximate surface area is 256 Å². The van der Waals surface area contributed by atoms with Crippen molar-refractivity contribution >= 4 is 114 Å². The molecule has 0 aliphatic rings. The van der Waals surface area contributed by atoms with Crippen molar-refractivity contribution in [3.05, 3.63) is 65.5 Å². The molecule has 0 saturated carbocycles. The molecule has 0 unspecified atom stereocenters. The molecule has 0 radical (unpaired) electrons. The lowest BCUT2D eigenvalue weighted by molar-refractivity contribution is -0.115. The smallest absolute Gasteiger partial charge is 0.269 e. The zero-order valence-electron chi connectivity index (χ0n) is 19.2. The topological polar surface area (TPSA) is 123 Å². The molecule has 8 nitrogen and oxygen atoms in total. The molecule has 38 heavy (non-hydrogen) atoms. The number of oxime groups is 2. The SMILES string of the molecule is O=C(NCCSSCCNC(=O)/C(Cc1cc(Cl)cc(Cl)c1Cl)=N/O)/C(Cc1cc(Cl)cc(Cl)c1Cl)=N\O. The van der Waals surface area contributed by atoms with Gasteiger partial charge < -0.3 is 21.0 Å². The van der Waals surface area contributed by atoms with Crippen LogP contribution in [0.15, 0.2) is 34.6 Å². The van der Waals surface area contributed by atoms with E-state index < -0.39 is 11.8 Å². The Morgan fingerprint density at radius 1 is 0.684 bits per heavy atom. The Bertz CT molecular complexity index is 1140. The number of carbonyl (C=O) groups is 2. The monoisotopic (exact) mass is 678 g/mol. The normalized spacial score (nSPS) is 11.9. The third-order valence-corrected chi connectivity index (χ3v) is 9.17. The molecule has 0 aromatic heterocycles. The fourth-order valence-corrected chi connectivity index (χ4v) is 6.13. The Balaban J connectivity index is 1.68. The molecule has 16 heteroatoms.